The van der Waals surface area contributed by atoms with Crippen LogP contribution in [-0.2, 0) is 10.2 Å². The summed E-state index contributed by atoms with van der Waals surface area (Å²) in [6, 6.07) is 5.92. The largest absolute Gasteiger partial charge is 0.336 e. The highest BCUT2D eigenvalue weighted by molar-refractivity contribution is 7.99. The standard InChI is InChI=1S/C16H23N5OS/c1-10-6-7-12(11(2)8-10)18-13(22)9-23-15-20-19-14(21(15)17)16(3,4)5/h6-8H,9,17H2,1-5H3,(H,18,22). The molecule has 0 saturated heterocycles. The van der Waals surface area contributed by atoms with E-state index < -0.39 is 0 Å². The molecule has 0 aliphatic rings. The minimum atomic E-state index is -0.193. The molecule has 0 atom stereocenters. The van der Waals surface area contributed by atoms with Crippen LogP contribution < -0.4 is 11.2 Å². The number of thioether (sulfide) groups is 1. The van der Waals surface area contributed by atoms with E-state index in [1.165, 1.54) is 22.0 Å². The molecule has 3 N–H and O–H groups in total. The van der Waals surface area contributed by atoms with Gasteiger partial charge in [-0.25, -0.2) is 4.68 Å². The average Bonchev–Trinajstić information content (AvgIpc) is 2.81. The van der Waals surface area contributed by atoms with Crippen LogP contribution in [-0.4, -0.2) is 26.5 Å². The Morgan fingerprint density at radius 1 is 1.30 bits per heavy atom. The van der Waals surface area contributed by atoms with Crippen LogP contribution in [0.1, 0.15) is 37.7 Å². The third kappa shape index (κ3) is 4.25. The summed E-state index contributed by atoms with van der Waals surface area (Å²) in [4.78, 5) is 12.1. The van der Waals surface area contributed by atoms with Crippen molar-refractivity contribution in [1.29, 1.82) is 0 Å². The predicted molar refractivity (Wildman–Crippen MR) is 94.1 cm³/mol. The molecule has 1 amide bonds. The van der Waals surface area contributed by atoms with Gasteiger partial charge in [-0.15, -0.1) is 10.2 Å². The van der Waals surface area contributed by atoms with Crippen LogP contribution >= 0.6 is 11.8 Å². The molecule has 2 rings (SSSR count). The lowest BCUT2D eigenvalue weighted by Gasteiger charge is -2.16. The Morgan fingerprint density at radius 3 is 2.57 bits per heavy atom. The number of hydrogen-bond donors (Lipinski definition) is 2. The SMILES string of the molecule is Cc1ccc(NC(=O)CSc2nnc(C(C)(C)C)n2N)c(C)c1. The Balaban J connectivity index is 1.98. The number of amides is 1. The minimum Gasteiger partial charge on any atom is -0.336 e. The average molecular weight is 333 g/mol. The highest BCUT2D eigenvalue weighted by Gasteiger charge is 2.23. The van der Waals surface area contributed by atoms with Crippen molar-refractivity contribution in [3.05, 3.63) is 35.2 Å². The summed E-state index contributed by atoms with van der Waals surface area (Å²) in [6.45, 7) is 10.0. The molecule has 7 heteroatoms. The van der Waals surface area contributed by atoms with Crippen molar-refractivity contribution in [2.75, 3.05) is 16.9 Å². The molecule has 124 valence electrons. The number of hydrogen-bond acceptors (Lipinski definition) is 5. The Kier molecular flexibility index (Phi) is 4.99. The van der Waals surface area contributed by atoms with Crippen molar-refractivity contribution < 1.29 is 4.79 Å². The molecule has 6 nitrogen and oxygen atoms in total. The van der Waals surface area contributed by atoms with Crippen LogP contribution in [0.2, 0.25) is 0 Å². The summed E-state index contributed by atoms with van der Waals surface area (Å²) in [6.07, 6.45) is 0. The molecule has 1 heterocycles. The van der Waals surface area contributed by atoms with E-state index >= 15 is 0 Å². The van der Waals surface area contributed by atoms with Gasteiger partial charge >= 0.3 is 0 Å². The van der Waals surface area contributed by atoms with Gasteiger partial charge < -0.3 is 11.2 Å². The summed E-state index contributed by atoms with van der Waals surface area (Å²) in [5.74, 6) is 6.83. The fourth-order valence-corrected chi connectivity index (χ4v) is 2.81. The summed E-state index contributed by atoms with van der Waals surface area (Å²) in [5.41, 5.74) is 2.84. The van der Waals surface area contributed by atoms with Crippen LogP contribution in [0.3, 0.4) is 0 Å². The number of nitrogens with one attached hydrogen (secondary N) is 1. The number of anilines is 1. The Bertz CT molecular complexity index is 718. The molecule has 0 spiro atoms. The maximum Gasteiger partial charge on any atom is 0.234 e. The second kappa shape index (κ2) is 6.62. The summed E-state index contributed by atoms with van der Waals surface area (Å²) in [5, 5.41) is 11.6. The van der Waals surface area contributed by atoms with Gasteiger partial charge in [0, 0.05) is 11.1 Å². The lowest BCUT2D eigenvalue weighted by atomic mass is 9.96. The number of aromatic nitrogens is 3. The molecule has 0 unspecified atom stereocenters. The number of carbonyl (C=O) groups is 1. The Morgan fingerprint density at radius 2 is 2.00 bits per heavy atom. The van der Waals surface area contributed by atoms with Crippen molar-refractivity contribution in [2.24, 2.45) is 0 Å². The Hall–Kier alpha value is -2.02. The smallest absolute Gasteiger partial charge is 0.234 e. The maximum atomic E-state index is 12.1. The lowest BCUT2D eigenvalue weighted by molar-refractivity contribution is -0.113. The molecule has 23 heavy (non-hydrogen) atoms. The second-order valence-corrected chi connectivity index (χ2v) is 7.52. The number of aryl methyl sites for hydroxylation is 2. The number of nitrogens with two attached hydrogens (primary N) is 1. The molecule has 1 aromatic heterocycles. The zero-order valence-electron chi connectivity index (χ0n) is 14.2. The van der Waals surface area contributed by atoms with Crippen LogP contribution in [0, 0.1) is 13.8 Å². The molecule has 1 aromatic carbocycles. The fraction of sp³-hybridized carbons (Fsp3) is 0.438. The highest BCUT2D eigenvalue weighted by atomic mass is 32.2. The van der Waals surface area contributed by atoms with E-state index in [0.717, 1.165) is 11.3 Å². The molecule has 0 fully saturated rings. The van der Waals surface area contributed by atoms with Gasteiger partial charge in [0.05, 0.1) is 5.75 Å². The topological polar surface area (TPSA) is 85.8 Å². The molecule has 0 radical (unpaired) electrons. The Labute approximate surface area is 140 Å². The minimum absolute atomic E-state index is 0.0951. The van der Waals surface area contributed by atoms with E-state index in [1.54, 1.807) is 0 Å². The van der Waals surface area contributed by atoms with Gasteiger partial charge in [0.2, 0.25) is 11.1 Å². The monoisotopic (exact) mass is 333 g/mol. The highest BCUT2D eigenvalue weighted by Crippen LogP contribution is 2.23. The van der Waals surface area contributed by atoms with Crippen LogP contribution in [0.5, 0.6) is 0 Å². The van der Waals surface area contributed by atoms with Crippen molar-refractivity contribution in [3.63, 3.8) is 0 Å². The number of nitrogens with zero attached hydrogens (tertiary/aromatic N) is 3. The van der Waals surface area contributed by atoms with Gasteiger partial charge in [0.1, 0.15) is 0 Å². The molecule has 0 bridgehead atoms. The second-order valence-electron chi connectivity index (χ2n) is 6.58. The lowest BCUT2D eigenvalue weighted by Crippen LogP contribution is -2.24. The summed E-state index contributed by atoms with van der Waals surface area (Å²) in [7, 11) is 0. The van der Waals surface area contributed by atoms with Crippen LogP contribution in [0.25, 0.3) is 0 Å². The molecule has 2 aromatic rings. The van der Waals surface area contributed by atoms with E-state index in [1.807, 2.05) is 52.8 Å². The van der Waals surface area contributed by atoms with Gasteiger partial charge in [-0.2, -0.15) is 0 Å². The van der Waals surface area contributed by atoms with E-state index in [9.17, 15) is 4.79 Å². The first-order valence-electron chi connectivity index (χ1n) is 7.39. The van der Waals surface area contributed by atoms with Gasteiger partial charge in [-0.1, -0.05) is 50.2 Å². The number of benzene rings is 1. The molecular formula is C16H23N5OS. The van der Waals surface area contributed by atoms with Crippen molar-refractivity contribution in [1.82, 2.24) is 14.9 Å². The van der Waals surface area contributed by atoms with Gasteiger partial charge in [-0.3, -0.25) is 4.79 Å². The maximum absolute atomic E-state index is 12.1. The number of carbonyl (C=O) groups excluding carboxylic acids is 1. The molecule has 0 aliphatic heterocycles. The van der Waals surface area contributed by atoms with Gasteiger partial charge in [0.25, 0.3) is 0 Å². The first-order chi connectivity index (χ1) is 10.7. The predicted octanol–water partition coefficient (Wildman–Crippen LogP) is 2.64. The number of nitrogen functional groups attached to an aromatic ring is 1. The third-order valence-corrected chi connectivity index (χ3v) is 4.27. The summed E-state index contributed by atoms with van der Waals surface area (Å²) < 4.78 is 1.45. The molecule has 0 saturated carbocycles. The number of rotatable bonds is 4. The van der Waals surface area contributed by atoms with E-state index in [0.29, 0.717) is 11.0 Å². The van der Waals surface area contributed by atoms with E-state index in [2.05, 4.69) is 15.5 Å². The van der Waals surface area contributed by atoms with E-state index in [4.69, 9.17) is 5.84 Å². The van der Waals surface area contributed by atoms with Gasteiger partial charge in [0.15, 0.2) is 5.82 Å². The van der Waals surface area contributed by atoms with Crippen LogP contribution in [0.4, 0.5) is 5.69 Å². The first kappa shape index (κ1) is 17.3. The fourth-order valence-electron chi connectivity index (χ4n) is 2.16. The van der Waals surface area contributed by atoms with E-state index in [-0.39, 0.29) is 17.1 Å². The zero-order chi connectivity index (χ0) is 17.2. The molecule has 0 aliphatic carbocycles. The third-order valence-electron chi connectivity index (χ3n) is 3.32. The molecular weight excluding hydrogens is 310 g/mol. The van der Waals surface area contributed by atoms with Crippen LogP contribution in [0.15, 0.2) is 23.4 Å². The zero-order valence-corrected chi connectivity index (χ0v) is 15.0. The summed E-state index contributed by atoms with van der Waals surface area (Å²) >= 11 is 1.27. The van der Waals surface area contributed by atoms with Gasteiger partial charge in [-0.05, 0) is 25.5 Å². The normalized spacial score (nSPS) is 11.5. The van der Waals surface area contributed by atoms with Crippen molar-refractivity contribution in [3.8, 4) is 0 Å². The first-order valence-corrected chi connectivity index (χ1v) is 8.38. The van der Waals surface area contributed by atoms with Crippen molar-refractivity contribution >= 4 is 23.4 Å². The quantitative estimate of drug-likeness (QED) is 0.663. The van der Waals surface area contributed by atoms with Crippen molar-refractivity contribution in [2.45, 2.75) is 45.2 Å².